The van der Waals surface area contributed by atoms with Gasteiger partial charge in [0.15, 0.2) is 0 Å². The quantitative estimate of drug-likeness (QED) is 0.416. The molecule has 6 heteroatoms. The Morgan fingerprint density at radius 1 is 0.970 bits per heavy atom. The first-order valence-electron chi connectivity index (χ1n) is 10.6. The molecule has 0 aromatic heterocycles. The maximum Gasteiger partial charge on any atom is 0.269 e. The van der Waals surface area contributed by atoms with Gasteiger partial charge in [-0.2, -0.15) is 5.26 Å². The van der Waals surface area contributed by atoms with Gasteiger partial charge >= 0.3 is 0 Å². The molecule has 164 valence electrons. The number of para-hydroxylation sites is 2. The molecular weight excluding hydrogens is 430 g/mol. The summed E-state index contributed by atoms with van der Waals surface area (Å²) in [5, 5.41) is 12.8. The molecule has 3 aromatic carbocycles. The summed E-state index contributed by atoms with van der Waals surface area (Å²) in [4.78, 5) is 28.2. The maximum atomic E-state index is 13.5. The molecule has 1 N–H and O–H groups in total. The zero-order chi connectivity index (χ0) is 23.4. The number of nitriles is 1. The molecule has 0 bridgehead atoms. The van der Waals surface area contributed by atoms with E-state index >= 15 is 0 Å². The molecule has 2 amide bonds. The highest BCUT2D eigenvalue weighted by molar-refractivity contribution is 8.05. The minimum atomic E-state index is -0.522. The number of hydrogen-bond donors (Lipinski definition) is 1. The number of anilines is 2. The number of carbonyl (C=O) groups is 2. The van der Waals surface area contributed by atoms with Crippen LogP contribution in [0.15, 0.2) is 89.5 Å². The number of thioether (sulfide) groups is 1. The predicted octanol–water partition coefficient (Wildman–Crippen LogP) is 5.37. The van der Waals surface area contributed by atoms with Gasteiger partial charge in [-0.3, -0.25) is 14.5 Å². The fraction of sp³-hybridized carbons (Fsp3) is 0.148. The monoisotopic (exact) mass is 453 g/mol. The molecule has 0 unspecified atom stereocenters. The van der Waals surface area contributed by atoms with E-state index < -0.39 is 11.2 Å². The fourth-order valence-corrected chi connectivity index (χ4v) is 5.12. The first-order chi connectivity index (χ1) is 16.0. The van der Waals surface area contributed by atoms with Gasteiger partial charge in [-0.1, -0.05) is 78.5 Å². The van der Waals surface area contributed by atoms with Crippen LogP contribution in [0.1, 0.15) is 16.7 Å². The zero-order valence-electron chi connectivity index (χ0n) is 18.4. The van der Waals surface area contributed by atoms with Crippen LogP contribution in [-0.4, -0.2) is 17.1 Å². The minimum Gasteiger partial charge on any atom is -0.321 e. The second-order valence-corrected chi connectivity index (χ2v) is 9.01. The van der Waals surface area contributed by atoms with Crippen molar-refractivity contribution in [2.45, 2.75) is 25.5 Å². The van der Waals surface area contributed by atoms with Crippen LogP contribution < -0.4 is 10.2 Å². The third-order valence-electron chi connectivity index (χ3n) is 5.50. The van der Waals surface area contributed by atoms with Crippen LogP contribution >= 0.6 is 11.8 Å². The van der Waals surface area contributed by atoms with E-state index in [1.54, 1.807) is 0 Å². The lowest BCUT2D eigenvalue weighted by molar-refractivity contribution is -0.117. The molecule has 1 heterocycles. The maximum absolute atomic E-state index is 13.5. The Morgan fingerprint density at radius 2 is 1.58 bits per heavy atom. The number of aryl methyl sites for hydroxylation is 2. The van der Waals surface area contributed by atoms with Gasteiger partial charge in [-0.05, 0) is 49.1 Å². The smallest absolute Gasteiger partial charge is 0.269 e. The third-order valence-corrected chi connectivity index (χ3v) is 6.77. The van der Waals surface area contributed by atoms with Gasteiger partial charge in [0, 0.05) is 11.4 Å². The van der Waals surface area contributed by atoms with E-state index in [0.717, 1.165) is 16.7 Å². The lowest BCUT2D eigenvalue weighted by Crippen LogP contribution is -2.31. The molecule has 1 atom stereocenters. The molecule has 1 saturated heterocycles. The van der Waals surface area contributed by atoms with Gasteiger partial charge in [-0.25, -0.2) is 0 Å². The normalized spacial score (nSPS) is 16.9. The fourth-order valence-electron chi connectivity index (χ4n) is 3.81. The molecule has 5 nitrogen and oxygen atoms in total. The number of carbonyl (C=O) groups excluding carboxylic acids is 2. The van der Waals surface area contributed by atoms with Crippen molar-refractivity contribution in [3.63, 3.8) is 0 Å². The van der Waals surface area contributed by atoms with E-state index in [9.17, 15) is 14.9 Å². The Bertz CT molecular complexity index is 1240. The number of rotatable bonds is 5. The first kappa shape index (κ1) is 22.4. The highest BCUT2D eigenvalue weighted by Gasteiger charge is 2.40. The number of nitrogens with one attached hydrogen (secondary N) is 1. The lowest BCUT2D eigenvalue weighted by Gasteiger charge is -2.19. The third kappa shape index (κ3) is 4.69. The van der Waals surface area contributed by atoms with Crippen LogP contribution in [0, 0.1) is 25.2 Å². The molecule has 3 aromatic rings. The van der Waals surface area contributed by atoms with Crippen LogP contribution in [0.2, 0.25) is 0 Å². The van der Waals surface area contributed by atoms with Crippen LogP contribution in [0.4, 0.5) is 11.4 Å². The topological polar surface area (TPSA) is 73.2 Å². The summed E-state index contributed by atoms with van der Waals surface area (Å²) in [6.45, 7) is 3.81. The summed E-state index contributed by atoms with van der Waals surface area (Å²) in [6, 6.07) is 26.7. The average Bonchev–Trinajstić information content (AvgIpc) is 3.13. The van der Waals surface area contributed by atoms with Crippen LogP contribution in [0.5, 0.6) is 0 Å². The Kier molecular flexibility index (Phi) is 6.62. The average molecular weight is 454 g/mol. The summed E-state index contributed by atoms with van der Waals surface area (Å²) in [5.41, 5.74) is 4.07. The molecule has 0 spiro atoms. The Labute approximate surface area is 197 Å². The number of amides is 2. The molecule has 1 aliphatic rings. The van der Waals surface area contributed by atoms with Gasteiger partial charge in [0.05, 0.1) is 5.25 Å². The predicted molar refractivity (Wildman–Crippen MR) is 133 cm³/mol. The van der Waals surface area contributed by atoms with E-state index in [1.807, 2.05) is 92.7 Å². The van der Waals surface area contributed by atoms with Crippen molar-refractivity contribution in [2.75, 3.05) is 10.2 Å². The van der Waals surface area contributed by atoms with Crippen molar-refractivity contribution in [3.05, 3.63) is 106 Å². The summed E-state index contributed by atoms with van der Waals surface area (Å²) in [7, 11) is 0. The molecule has 0 saturated carbocycles. The summed E-state index contributed by atoms with van der Waals surface area (Å²) in [6.07, 6.45) is 0.508. The van der Waals surface area contributed by atoms with Crippen molar-refractivity contribution in [3.8, 4) is 6.07 Å². The van der Waals surface area contributed by atoms with Gasteiger partial charge in [0.1, 0.15) is 16.7 Å². The zero-order valence-corrected chi connectivity index (χ0v) is 19.2. The van der Waals surface area contributed by atoms with Crippen LogP contribution in [0.25, 0.3) is 0 Å². The van der Waals surface area contributed by atoms with E-state index in [2.05, 4.69) is 11.4 Å². The molecule has 1 fully saturated rings. The number of hydrogen-bond acceptors (Lipinski definition) is 4. The van der Waals surface area contributed by atoms with Crippen molar-refractivity contribution >= 4 is 35.0 Å². The number of nitrogens with zero attached hydrogens (tertiary/aromatic N) is 2. The van der Waals surface area contributed by atoms with Gasteiger partial charge < -0.3 is 5.32 Å². The molecular formula is C27H23N3O2S. The minimum absolute atomic E-state index is 0.0737. The highest BCUT2D eigenvalue weighted by Crippen LogP contribution is 2.42. The molecule has 33 heavy (non-hydrogen) atoms. The Hall–Kier alpha value is -3.82. The SMILES string of the molecule is Cc1cccc(C)c1NC(=O)/C(C#N)=C1/S[C@@H](Cc2ccccc2)C(=O)N1c1ccccc1. The van der Waals surface area contributed by atoms with Crippen LogP contribution in [-0.2, 0) is 16.0 Å². The van der Waals surface area contributed by atoms with E-state index in [-0.39, 0.29) is 11.5 Å². The molecule has 0 aliphatic carbocycles. The van der Waals surface area contributed by atoms with Crippen molar-refractivity contribution in [2.24, 2.45) is 0 Å². The van der Waals surface area contributed by atoms with Crippen molar-refractivity contribution in [1.29, 1.82) is 5.26 Å². The Morgan fingerprint density at radius 3 is 2.18 bits per heavy atom. The van der Waals surface area contributed by atoms with Crippen LogP contribution in [0.3, 0.4) is 0 Å². The highest BCUT2D eigenvalue weighted by atomic mass is 32.2. The van der Waals surface area contributed by atoms with Gasteiger partial charge in [0.2, 0.25) is 5.91 Å². The standard InChI is InChI=1S/C27H23N3O2S/c1-18-10-9-11-19(2)24(18)29-25(31)22(17-28)27-30(21-14-7-4-8-15-21)26(32)23(33-27)16-20-12-5-3-6-13-20/h3-15,23H,16H2,1-2H3,(H,29,31)/b27-22+/t23-/m0/s1. The Balaban J connectivity index is 1.74. The molecule has 1 aliphatic heterocycles. The lowest BCUT2D eigenvalue weighted by atomic mass is 10.1. The summed E-state index contributed by atoms with van der Waals surface area (Å²) >= 11 is 1.27. The summed E-state index contributed by atoms with van der Waals surface area (Å²) < 4.78 is 0. The van der Waals surface area contributed by atoms with E-state index in [4.69, 9.17) is 0 Å². The molecule has 4 rings (SSSR count). The number of benzene rings is 3. The van der Waals surface area contributed by atoms with Crippen molar-refractivity contribution in [1.82, 2.24) is 0 Å². The summed E-state index contributed by atoms with van der Waals surface area (Å²) in [5.74, 6) is -0.663. The van der Waals surface area contributed by atoms with E-state index in [0.29, 0.717) is 22.8 Å². The largest absolute Gasteiger partial charge is 0.321 e. The van der Waals surface area contributed by atoms with Crippen molar-refractivity contribution < 1.29 is 9.59 Å². The second-order valence-electron chi connectivity index (χ2n) is 7.82. The first-order valence-corrected chi connectivity index (χ1v) is 11.5. The van der Waals surface area contributed by atoms with Gasteiger partial charge in [-0.15, -0.1) is 0 Å². The van der Waals surface area contributed by atoms with E-state index in [1.165, 1.54) is 16.7 Å². The van der Waals surface area contributed by atoms with Gasteiger partial charge in [0.25, 0.3) is 5.91 Å². The second kappa shape index (κ2) is 9.76. The molecule has 0 radical (unpaired) electrons.